The lowest BCUT2D eigenvalue weighted by atomic mass is 9.93. The molecule has 0 aliphatic heterocycles. The minimum atomic E-state index is 0.0999. The summed E-state index contributed by atoms with van der Waals surface area (Å²) in [5.41, 5.74) is 2.95. The Morgan fingerprint density at radius 3 is 2.48 bits per heavy atom. The fourth-order valence-corrected chi connectivity index (χ4v) is 3.84. The van der Waals surface area contributed by atoms with Crippen molar-refractivity contribution in [3.05, 3.63) is 52.0 Å². The van der Waals surface area contributed by atoms with Crippen LogP contribution >= 0.6 is 11.3 Å². The highest BCUT2D eigenvalue weighted by atomic mass is 32.1. The van der Waals surface area contributed by atoms with E-state index in [0.29, 0.717) is 6.54 Å². The lowest BCUT2D eigenvalue weighted by Crippen LogP contribution is -2.40. The second kappa shape index (κ2) is 7.16. The molecule has 4 nitrogen and oxygen atoms in total. The first-order valence-electron chi connectivity index (χ1n) is 8.88. The van der Waals surface area contributed by atoms with E-state index in [0.717, 1.165) is 23.2 Å². The third-order valence-corrected chi connectivity index (χ3v) is 5.63. The molecule has 0 saturated heterocycles. The second-order valence-electron chi connectivity index (χ2n) is 7.80. The number of nitrogens with one attached hydrogen (secondary N) is 2. The molecule has 3 rings (SSSR count). The van der Waals surface area contributed by atoms with Crippen molar-refractivity contribution < 1.29 is 0 Å². The molecule has 0 spiro atoms. The molecule has 2 N–H and O–H groups in total. The van der Waals surface area contributed by atoms with Gasteiger partial charge in [-0.2, -0.15) is 0 Å². The summed E-state index contributed by atoms with van der Waals surface area (Å²) in [6.07, 6.45) is 2.48. The fraction of sp³-hybridized carbons (Fsp3) is 0.500. The van der Waals surface area contributed by atoms with Crippen LogP contribution in [0.1, 0.15) is 49.9 Å². The summed E-state index contributed by atoms with van der Waals surface area (Å²) in [7, 11) is 1.82. The highest BCUT2D eigenvalue weighted by molar-refractivity contribution is 7.09. The Morgan fingerprint density at radius 2 is 1.92 bits per heavy atom. The van der Waals surface area contributed by atoms with E-state index in [1.807, 2.05) is 7.05 Å². The van der Waals surface area contributed by atoms with Gasteiger partial charge < -0.3 is 10.6 Å². The van der Waals surface area contributed by atoms with Gasteiger partial charge in [-0.15, -0.1) is 11.3 Å². The van der Waals surface area contributed by atoms with E-state index in [4.69, 9.17) is 4.98 Å². The summed E-state index contributed by atoms with van der Waals surface area (Å²) in [4.78, 5) is 9.08. The quantitative estimate of drug-likeness (QED) is 0.632. The topological polar surface area (TPSA) is 49.3 Å². The van der Waals surface area contributed by atoms with Gasteiger partial charge in [0.1, 0.15) is 5.01 Å². The molecule has 2 aromatic rings. The Balaban J connectivity index is 1.53. The molecule has 1 aromatic heterocycles. The van der Waals surface area contributed by atoms with Crippen LogP contribution in [0.15, 0.2) is 40.7 Å². The van der Waals surface area contributed by atoms with E-state index in [-0.39, 0.29) is 10.8 Å². The van der Waals surface area contributed by atoms with Gasteiger partial charge in [-0.25, -0.2) is 4.98 Å². The van der Waals surface area contributed by atoms with Gasteiger partial charge >= 0.3 is 0 Å². The Kier molecular flexibility index (Phi) is 5.13. The summed E-state index contributed by atoms with van der Waals surface area (Å²) < 4.78 is 0. The maximum atomic E-state index is 4.73. The van der Waals surface area contributed by atoms with Crippen LogP contribution in [0.25, 0.3) is 0 Å². The molecule has 0 unspecified atom stereocenters. The van der Waals surface area contributed by atoms with Gasteiger partial charge in [0.25, 0.3) is 0 Å². The molecule has 25 heavy (non-hydrogen) atoms. The van der Waals surface area contributed by atoms with Gasteiger partial charge in [-0.1, -0.05) is 51.1 Å². The van der Waals surface area contributed by atoms with Crippen LogP contribution in [-0.2, 0) is 17.4 Å². The van der Waals surface area contributed by atoms with Crippen LogP contribution < -0.4 is 10.6 Å². The number of aromatic nitrogens is 1. The number of hydrogen-bond acceptors (Lipinski definition) is 3. The Morgan fingerprint density at radius 1 is 1.20 bits per heavy atom. The summed E-state index contributed by atoms with van der Waals surface area (Å²) >= 11 is 1.71. The predicted molar refractivity (Wildman–Crippen MR) is 106 cm³/mol. The molecule has 0 radical (unpaired) electrons. The highest BCUT2D eigenvalue weighted by Gasteiger charge is 2.43. The molecule has 1 saturated carbocycles. The summed E-state index contributed by atoms with van der Waals surface area (Å²) in [6.45, 7) is 8.20. The Bertz CT molecular complexity index is 724. The molecule has 1 aliphatic rings. The van der Waals surface area contributed by atoms with E-state index in [2.05, 4.69) is 72.1 Å². The second-order valence-corrected chi connectivity index (χ2v) is 8.74. The fourth-order valence-electron chi connectivity index (χ4n) is 2.88. The van der Waals surface area contributed by atoms with Crippen molar-refractivity contribution in [2.24, 2.45) is 4.99 Å². The number of thiazole rings is 1. The number of benzene rings is 1. The zero-order valence-electron chi connectivity index (χ0n) is 15.6. The Labute approximate surface area is 154 Å². The van der Waals surface area contributed by atoms with E-state index >= 15 is 0 Å². The van der Waals surface area contributed by atoms with E-state index in [1.165, 1.54) is 18.4 Å². The minimum Gasteiger partial charge on any atom is -0.356 e. The van der Waals surface area contributed by atoms with Gasteiger partial charge in [0.2, 0.25) is 0 Å². The number of aliphatic imine (C=N–C) groups is 1. The summed E-state index contributed by atoms with van der Waals surface area (Å²) in [6, 6.07) is 10.8. The van der Waals surface area contributed by atoms with Crippen LogP contribution in [0.5, 0.6) is 0 Å². The molecule has 0 bridgehead atoms. The smallest absolute Gasteiger partial charge is 0.191 e. The molecule has 1 aromatic carbocycles. The van der Waals surface area contributed by atoms with Gasteiger partial charge in [0, 0.05) is 29.8 Å². The van der Waals surface area contributed by atoms with Crippen LogP contribution in [0.4, 0.5) is 0 Å². The summed E-state index contributed by atoms with van der Waals surface area (Å²) in [5, 5.41) is 10.1. The lowest BCUT2D eigenvalue weighted by Gasteiger charge is -2.19. The van der Waals surface area contributed by atoms with Crippen molar-refractivity contribution in [1.29, 1.82) is 0 Å². The van der Waals surface area contributed by atoms with Crippen molar-refractivity contribution in [3.8, 4) is 0 Å². The molecular formula is C20H28N4S. The van der Waals surface area contributed by atoms with Crippen LogP contribution in [-0.4, -0.2) is 24.5 Å². The first-order valence-corrected chi connectivity index (χ1v) is 9.76. The average molecular weight is 357 g/mol. The van der Waals surface area contributed by atoms with Crippen LogP contribution in [0, 0.1) is 0 Å². The van der Waals surface area contributed by atoms with Gasteiger partial charge in [-0.3, -0.25) is 4.99 Å². The van der Waals surface area contributed by atoms with E-state index in [1.54, 1.807) is 11.3 Å². The van der Waals surface area contributed by atoms with Crippen molar-refractivity contribution in [2.75, 3.05) is 13.6 Å². The first-order chi connectivity index (χ1) is 11.9. The standard InChI is InChI=1S/C20H28N4S/c1-19(2,3)16-13-25-17(24-16)12-22-18(21-4)23-14-20(10-11-20)15-8-6-5-7-9-15/h5-9,13H,10-12,14H2,1-4H3,(H2,21,22,23). The zero-order valence-corrected chi connectivity index (χ0v) is 16.4. The van der Waals surface area contributed by atoms with E-state index in [9.17, 15) is 0 Å². The van der Waals surface area contributed by atoms with Crippen LogP contribution in [0.3, 0.4) is 0 Å². The predicted octanol–water partition coefficient (Wildman–Crippen LogP) is 3.84. The van der Waals surface area contributed by atoms with Crippen LogP contribution in [0.2, 0.25) is 0 Å². The first kappa shape index (κ1) is 17.9. The molecule has 5 heteroatoms. The van der Waals surface area contributed by atoms with Gasteiger partial charge in [-0.05, 0) is 18.4 Å². The van der Waals surface area contributed by atoms with Crippen molar-refractivity contribution in [3.63, 3.8) is 0 Å². The van der Waals surface area contributed by atoms with Crippen molar-refractivity contribution in [1.82, 2.24) is 15.6 Å². The van der Waals surface area contributed by atoms with Crippen molar-refractivity contribution >= 4 is 17.3 Å². The maximum absolute atomic E-state index is 4.73. The number of rotatable bonds is 5. The largest absolute Gasteiger partial charge is 0.356 e. The molecule has 134 valence electrons. The van der Waals surface area contributed by atoms with Crippen molar-refractivity contribution in [2.45, 2.75) is 51.0 Å². The Hall–Kier alpha value is -1.88. The molecule has 1 heterocycles. The number of nitrogens with zero attached hydrogens (tertiary/aromatic N) is 2. The molecular weight excluding hydrogens is 328 g/mol. The van der Waals surface area contributed by atoms with Gasteiger partial charge in [0.05, 0.1) is 12.2 Å². The molecule has 1 aliphatic carbocycles. The zero-order chi connectivity index (χ0) is 17.9. The number of hydrogen-bond donors (Lipinski definition) is 2. The SMILES string of the molecule is CN=C(NCc1nc(C(C)(C)C)cs1)NCC1(c2ccccc2)CC1. The maximum Gasteiger partial charge on any atom is 0.191 e. The molecule has 0 amide bonds. The number of guanidine groups is 1. The monoisotopic (exact) mass is 356 g/mol. The molecule has 1 fully saturated rings. The third kappa shape index (κ3) is 4.40. The average Bonchev–Trinajstić information content (AvgIpc) is 3.23. The molecule has 0 atom stereocenters. The van der Waals surface area contributed by atoms with E-state index < -0.39 is 0 Å². The minimum absolute atomic E-state index is 0.0999. The van der Waals surface area contributed by atoms with Gasteiger partial charge in [0.15, 0.2) is 5.96 Å². The summed E-state index contributed by atoms with van der Waals surface area (Å²) in [5.74, 6) is 0.842. The lowest BCUT2D eigenvalue weighted by molar-refractivity contribution is 0.570. The highest BCUT2D eigenvalue weighted by Crippen LogP contribution is 2.47. The normalized spacial score (nSPS) is 16.6. The third-order valence-electron chi connectivity index (χ3n) is 4.78.